The molecule has 1 fully saturated rings. The van der Waals surface area contributed by atoms with E-state index in [0.717, 1.165) is 103 Å². The fourth-order valence-corrected chi connectivity index (χ4v) is 7.16. The van der Waals surface area contributed by atoms with Crippen LogP contribution in [0.5, 0.6) is 0 Å². The minimum absolute atomic E-state index is 0.0911. The molecule has 1 aliphatic rings. The predicted molar refractivity (Wildman–Crippen MR) is 221 cm³/mol. The SMILES string of the molecule is CCC/C=C\C/C=C\CCCCCCCCOCC(COP(=O)(O)OC1C(O)C(O)C(O)C(O)C1O)OC(=O)CCCCCCC/C=C\C/C=C\CCCCC. The normalized spacial score (nSPS) is 23.5. The zero-order valence-electron chi connectivity index (χ0n) is 34.4. The zero-order chi connectivity index (χ0) is 41.3. The standard InChI is InChI=1S/C43H77O12P/c1-3-5-7-9-11-13-15-17-19-20-22-24-26-28-30-32-37(44)54-36(34-52-33-31-29-27-25-23-21-18-16-14-12-10-8-6-4-2)35-53-56(50,51)55-43-41(48)39(46)38(45)40(47)42(43)49/h8,10-11,13-14,16-17,19,36,38-43,45-49H,3-7,9,12,15,18,20-35H2,1-2H3,(H,50,51)/b10-8-,13-11-,16-14-,19-17-. The Morgan fingerprint density at radius 1 is 0.571 bits per heavy atom. The van der Waals surface area contributed by atoms with Crippen LogP contribution in [0, 0.1) is 0 Å². The lowest BCUT2D eigenvalue weighted by Gasteiger charge is -2.41. The van der Waals surface area contributed by atoms with Crippen molar-refractivity contribution in [1.82, 2.24) is 0 Å². The summed E-state index contributed by atoms with van der Waals surface area (Å²) in [6, 6.07) is 0. The molecule has 6 unspecified atom stereocenters. The van der Waals surface area contributed by atoms with Gasteiger partial charge in [0.15, 0.2) is 0 Å². The average Bonchev–Trinajstić information content (AvgIpc) is 3.18. The first-order valence-electron chi connectivity index (χ1n) is 21.5. The van der Waals surface area contributed by atoms with Gasteiger partial charge in [-0.25, -0.2) is 4.57 Å². The monoisotopic (exact) mass is 817 g/mol. The molecule has 0 aliphatic heterocycles. The minimum Gasteiger partial charge on any atom is -0.457 e. The summed E-state index contributed by atoms with van der Waals surface area (Å²) in [5, 5.41) is 50.1. The molecule has 0 bridgehead atoms. The van der Waals surface area contributed by atoms with Crippen molar-refractivity contribution in [2.45, 2.75) is 198 Å². The van der Waals surface area contributed by atoms with Gasteiger partial charge in [-0.3, -0.25) is 13.8 Å². The maximum Gasteiger partial charge on any atom is 0.472 e. The molecule has 0 spiro atoms. The van der Waals surface area contributed by atoms with Gasteiger partial charge in [-0.2, -0.15) is 0 Å². The molecule has 0 radical (unpaired) electrons. The van der Waals surface area contributed by atoms with Gasteiger partial charge in [0, 0.05) is 13.0 Å². The number of hydrogen-bond acceptors (Lipinski definition) is 11. The molecule has 56 heavy (non-hydrogen) atoms. The highest BCUT2D eigenvalue weighted by molar-refractivity contribution is 7.47. The topological polar surface area (TPSA) is 192 Å². The lowest BCUT2D eigenvalue weighted by Crippen LogP contribution is -2.64. The summed E-state index contributed by atoms with van der Waals surface area (Å²) >= 11 is 0. The van der Waals surface area contributed by atoms with E-state index in [1.54, 1.807) is 0 Å². The molecule has 1 rings (SSSR count). The fourth-order valence-electron chi connectivity index (χ4n) is 6.19. The highest BCUT2D eigenvalue weighted by Crippen LogP contribution is 2.47. The number of allylic oxidation sites excluding steroid dienone is 8. The number of phosphoric acid groups is 1. The quantitative estimate of drug-likeness (QED) is 0.0156. The van der Waals surface area contributed by atoms with Crippen LogP contribution in [0.25, 0.3) is 0 Å². The maximum atomic E-state index is 12.8. The summed E-state index contributed by atoms with van der Waals surface area (Å²) < 4.78 is 34.1. The Kier molecular flexibility index (Phi) is 31.9. The highest BCUT2D eigenvalue weighted by atomic mass is 31.2. The molecule has 6 N–H and O–H groups in total. The van der Waals surface area contributed by atoms with Crippen molar-refractivity contribution >= 4 is 13.8 Å². The molecular formula is C43H77O12P. The number of aliphatic hydroxyl groups is 5. The number of rotatable bonds is 35. The average molecular weight is 817 g/mol. The van der Waals surface area contributed by atoms with Crippen molar-refractivity contribution in [3.8, 4) is 0 Å². The third-order valence-corrected chi connectivity index (χ3v) is 10.6. The molecule has 0 heterocycles. The molecule has 12 nitrogen and oxygen atoms in total. The molecule has 1 aliphatic carbocycles. The second kappa shape index (κ2) is 34.2. The molecule has 6 atom stereocenters. The van der Waals surface area contributed by atoms with Crippen molar-refractivity contribution in [2.75, 3.05) is 19.8 Å². The van der Waals surface area contributed by atoms with E-state index in [4.69, 9.17) is 18.5 Å². The number of carbonyl (C=O) groups excluding carboxylic acids is 1. The second-order valence-electron chi connectivity index (χ2n) is 14.8. The largest absolute Gasteiger partial charge is 0.472 e. The molecule has 0 aromatic heterocycles. The van der Waals surface area contributed by atoms with Crippen LogP contribution < -0.4 is 0 Å². The van der Waals surface area contributed by atoms with Gasteiger partial charge in [0.2, 0.25) is 0 Å². The number of aliphatic hydroxyl groups excluding tert-OH is 5. The van der Waals surface area contributed by atoms with Gasteiger partial charge >= 0.3 is 13.8 Å². The Bertz CT molecular complexity index is 1110. The minimum atomic E-state index is -5.02. The van der Waals surface area contributed by atoms with E-state index >= 15 is 0 Å². The fraction of sp³-hybridized carbons (Fsp3) is 0.791. The second-order valence-corrected chi connectivity index (χ2v) is 16.2. The Morgan fingerprint density at radius 2 is 1.04 bits per heavy atom. The summed E-state index contributed by atoms with van der Waals surface area (Å²) in [7, 11) is -5.02. The number of carbonyl (C=O) groups is 1. The Morgan fingerprint density at radius 3 is 1.57 bits per heavy atom. The summed E-state index contributed by atoms with van der Waals surface area (Å²) in [6.07, 6.45) is 27.5. The first-order chi connectivity index (χ1) is 27.0. The lowest BCUT2D eigenvalue weighted by atomic mass is 9.85. The zero-order valence-corrected chi connectivity index (χ0v) is 35.3. The molecule has 0 saturated heterocycles. The van der Waals surface area contributed by atoms with E-state index in [-0.39, 0.29) is 13.0 Å². The van der Waals surface area contributed by atoms with Crippen molar-refractivity contribution in [3.05, 3.63) is 48.6 Å². The van der Waals surface area contributed by atoms with Gasteiger partial charge in [0.05, 0.1) is 13.2 Å². The van der Waals surface area contributed by atoms with Crippen LogP contribution in [0.1, 0.15) is 155 Å². The molecule has 1 saturated carbocycles. The van der Waals surface area contributed by atoms with E-state index in [9.17, 15) is 39.8 Å². The highest BCUT2D eigenvalue weighted by Gasteiger charge is 2.51. The molecule has 13 heteroatoms. The van der Waals surface area contributed by atoms with Gasteiger partial charge in [0.25, 0.3) is 0 Å². The number of esters is 1. The Labute approximate surface area is 337 Å². The van der Waals surface area contributed by atoms with Gasteiger partial charge in [-0.1, -0.05) is 127 Å². The van der Waals surface area contributed by atoms with Gasteiger partial charge < -0.3 is 39.9 Å². The van der Waals surface area contributed by atoms with Crippen molar-refractivity contribution in [1.29, 1.82) is 0 Å². The van der Waals surface area contributed by atoms with Gasteiger partial charge in [0.1, 0.15) is 42.7 Å². The third-order valence-electron chi connectivity index (χ3n) is 9.66. The summed E-state index contributed by atoms with van der Waals surface area (Å²) in [6.45, 7) is 4.11. The molecule has 0 aromatic rings. The number of phosphoric ester groups is 1. The first-order valence-corrected chi connectivity index (χ1v) is 23.0. The van der Waals surface area contributed by atoms with Crippen LogP contribution in [0.3, 0.4) is 0 Å². The van der Waals surface area contributed by atoms with E-state index in [1.165, 1.54) is 25.7 Å². The Balaban J connectivity index is 2.46. The van der Waals surface area contributed by atoms with E-state index in [0.29, 0.717) is 13.0 Å². The van der Waals surface area contributed by atoms with Crippen LogP contribution in [0.15, 0.2) is 48.6 Å². The summed E-state index contributed by atoms with van der Waals surface area (Å²) in [5.41, 5.74) is 0. The van der Waals surface area contributed by atoms with Crippen LogP contribution in [0.2, 0.25) is 0 Å². The smallest absolute Gasteiger partial charge is 0.457 e. The molecule has 0 amide bonds. The first kappa shape index (κ1) is 52.3. The summed E-state index contributed by atoms with van der Waals surface area (Å²) in [4.78, 5) is 23.1. The molecular weight excluding hydrogens is 739 g/mol. The predicted octanol–water partition coefficient (Wildman–Crippen LogP) is 8.08. The van der Waals surface area contributed by atoms with Crippen LogP contribution >= 0.6 is 7.82 Å². The van der Waals surface area contributed by atoms with Crippen LogP contribution in [-0.4, -0.2) is 98.9 Å². The van der Waals surface area contributed by atoms with Gasteiger partial charge in [-0.05, 0) is 70.6 Å². The van der Waals surface area contributed by atoms with Crippen molar-refractivity contribution in [3.63, 3.8) is 0 Å². The van der Waals surface area contributed by atoms with Crippen molar-refractivity contribution < 1.29 is 58.3 Å². The van der Waals surface area contributed by atoms with E-state index in [1.807, 2.05) is 0 Å². The number of unbranched alkanes of at least 4 members (excludes halogenated alkanes) is 15. The molecule has 0 aromatic carbocycles. The number of ether oxygens (including phenoxy) is 2. The molecule has 326 valence electrons. The third kappa shape index (κ3) is 26.3. The van der Waals surface area contributed by atoms with E-state index in [2.05, 4.69) is 62.5 Å². The number of hydrogen-bond donors (Lipinski definition) is 6. The summed E-state index contributed by atoms with van der Waals surface area (Å²) in [5.74, 6) is -0.497. The van der Waals surface area contributed by atoms with Crippen LogP contribution in [0.4, 0.5) is 0 Å². The maximum absolute atomic E-state index is 12.8. The lowest BCUT2D eigenvalue weighted by molar-refractivity contribution is -0.220. The van der Waals surface area contributed by atoms with Crippen LogP contribution in [-0.2, 0) is 27.9 Å². The van der Waals surface area contributed by atoms with E-state index < -0.39 is 63.1 Å². The van der Waals surface area contributed by atoms with Crippen molar-refractivity contribution in [2.24, 2.45) is 0 Å². The van der Waals surface area contributed by atoms with Gasteiger partial charge in [-0.15, -0.1) is 0 Å². The Hall–Kier alpha value is -1.70.